The van der Waals surface area contributed by atoms with Crippen molar-refractivity contribution in [1.82, 2.24) is 19.2 Å². The molecule has 5 nitrogen and oxygen atoms in total. The van der Waals surface area contributed by atoms with Gasteiger partial charge in [-0.1, -0.05) is 30.3 Å². The highest BCUT2D eigenvalue weighted by Gasteiger charge is 2.22. The van der Waals surface area contributed by atoms with Crippen molar-refractivity contribution in [2.24, 2.45) is 0 Å². The molecule has 1 fully saturated rings. The van der Waals surface area contributed by atoms with Gasteiger partial charge in [0.1, 0.15) is 5.65 Å². The van der Waals surface area contributed by atoms with Gasteiger partial charge in [-0.25, -0.2) is 4.98 Å². The molecule has 0 N–H and O–H groups in total. The van der Waals surface area contributed by atoms with E-state index in [4.69, 9.17) is 0 Å². The maximum absolute atomic E-state index is 12.7. The molecule has 4 rings (SSSR count). The molecule has 0 radical (unpaired) electrons. The summed E-state index contributed by atoms with van der Waals surface area (Å²) >= 11 is 0. The molecule has 1 saturated heterocycles. The van der Waals surface area contributed by atoms with Crippen LogP contribution in [0.25, 0.3) is 5.65 Å². The molecule has 1 aromatic carbocycles. The molecule has 0 atom stereocenters. The number of aromatic nitrogens is 2. The minimum absolute atomic E-state index is 0.102. The highest BCUT2D eigenvalue weighted by molar-refractivity contribution is 5.94. The third-order valence-electron chi connectivity index (χ3n) is 4.54. The van der Waals surface area contributed by atoms with Crippen LogP contribution >= 0.6 is 0 Å². The third kappa shape index (κ3) is 3.03. The van der Waals surface area contributed by atoms with Crippen LogP contribution < -0.4 is 0 Å². The van der Waals surface area contributed by atoms with Gasteiger partial charge in [0.05, 0.1) is 5.56 Å². The molecule has 3 aromatic rings. The number of fused-ring (bicyclic) bond motifs is 1. The largest absolute Gasteiger partial charge is 0.336 e. The predicted octanol–water partition coefficient (Wildman–Crippen LogP) is 2.29. The first-order chi connectivity index (χ1) is 11.8. The summed E-state index contributed by atoms with van der Waals surface area (Å²) in [7, 11) is 0. The van der Waals surface area contributed by atoms with Gasteiger partial charge in [0, 0.05) is 51.3 Å². The summed E-state index contributed by atoms with van der Waals surface area (Å²) < 4.78 is 1.89. The van der Waals surface area contributed by atoms with Gasteiger partial charge >= 0.3 is 0 Å². The van der Waals surface area contributed by atoms with E-state index in [9.17, 15) is 4.79 Å². The fraction of sp³-hybridized carbons (Fsp3) is 0.263. The molecule has 0 bridgehead atoms. The van der Waals surface area contributed by atoms with E-state index >= 15 is 0 Å². The smallest absolute Gasteiger partial charge is 0.255 e. The van der Waals surface area contributed by atoms with Crippen LogP contribution in [-0.4, -0.2) is 51.3 Å². The van der Waals surface area contributed by atoms with E-state index in [0.717, 1.165) is 43.9 Å². The third-order valence-corrected chi connectivity index (χ3v) is 4.54. The Balaban J connectivity index is 1.39. The molecule has 1 amide bonds. The Morgan fingerprint density at radius 2 is 1.79 bits per heavy atom. The lowest BCUT2D eigenvalue weighted by Crippen LogP contribution is -2.48. The normalized spacial score (nSPS) is 15.8. The fourth-order valence-corrected chi connectivity index (χ4v) is 3.18. The minimum atomic E-state index is 0.102. The number of hydrogen-bond donors (Lipinski definition) is 0. The summed E-state index contributed by atoms with van der Waals surface area (Å²) in [5.74, 6) is 0.102. The second-order valence-electron chi connectivity index (χ2n) is 6.16. The molecule has 1 aliphatic rings. The number of carbonyl (C=O) groups excluding carboxylic acids is 1. The van der Waals surface area contributed by atoms with E-state index in [1.807, 2.05) is 39.9 Å². The molecule has 0 aliphatic carbocycles. The molecule has 5 heteroatoms. The van der Waals surface area contributed by atoms with Crippen LogP contribution in [0, 0.1) is 0 Å². The first kappa shape index (κ1) is 14.9. The van der Waals surface area contributed by atoms with Crippen LogP contribution in [-0.2, 0) is 6.54 Å². The Bertz CT molecular complexity index is 835. The average Bonchev–Trinajstić information content (AvgIpc) is 3.10. The maximum atomic E-state index is 12.7. The van der Waals surface area contributed by atoms with Crippen molar-refractivity contribution in [1.29, 1.82) is 0 Å². The van der Waals surface area contributed by atoms with Gasteiger partial charge in [0.25, 0.3) is 5.91 Å². The van der Waals surface area contributed by atoms with Crippen molar-refractivity contribution in [3.8, 4) is 0 Å². The highest BCUT2D eigenvalue weighted by Crippen LogP contribution is 2.12. The molecule has 0 unspecified atom stereocenters. The number of amides is 1. The molecule has 0 spiro atoms. The average molecular weight is 320 g/mol. The van der Waals surface area contributed by atoms with Crippen molar-refractivity contribution in [2.45, 2.75) is 6.54 Å². The lowest BCUT2D eigenvalue weighted by Gasteiger charge is -2.34. The first-order valence-electron chi connectivity index (χ1n) is 8.28. The monoisotopic (exact) mass is 320 g/mol. The summed E-state index contributed by atoms with van der Waals surface area (Å²) in [5, 5.41) is 0. The van der Waals surface area contributed by atoms with Gasteiger partial charge in [-0.2, -0.15) is 0 Å². The molecule has 0 saturated carbocycles. The second-order valence-corrected chi connectivity index (χ2v) is 6.16. The van der Waals surface area contributed by atoms with E-state index < -0.39 is 0 Å². The minimum Gasteiger partial charge on any atom is -0.336 e. The standard InChI is InChI=1S/C19H20N4O/c24-19(17-6-7-18-20-8-9-23(18)15-17)22-12-10-21(11-13-22)14-16-4-2-1-3-5-16/h1-9,15H,10-14H2. The quantitative estimate of drug-likeness (QED) is 0.743. The van der Waals surface area contributed by atoms with E-state index in [1.165, 1.54) is 5.56 Å². The van der Waals surface area contributed by atoms with Crippen molar-refractivity contribution in [2.75, 3.05) is 26.2 Å². The summed E-state index contributed by atoms with van der Waals surface area (Å²) in [6.07, 6.45) is 5.47. The molecular weight excluding hydrogens is 300 g/mol. The number of rotatable bonds is 3. The Kier molecular flexibility index (Phi) is 4.01. The van der Waals surface area contributed by atoms with Gasteiger partial charge < -0.3 is 9.30 Å². The number of pyridine rings is 1. The Labute approximate surface area is 141 Å². The number of nitrogens with zero attached hydrogens (tertiary/aromatic N) is 4. The number of carbonyl (C=O) groups is 1. The summed E-state index contributed by atoms with van der Waals surface area (Å²) in [4.78, 5) is 21.3. The lowest BCUT2D eigenvalue weighted by molar-refractivity contribution is 0.0628. The maximum Gasteiger partial charge on any atom is 0.255 e. The highest BCUT2D eigenvalue weighted by atomic mass is 16.2. The van der Waals surface area contributed by atoms with Gasteiger partial charge in [-0.15, -0.1) is 0 Å². The van der Waals surface area contributed by atoms with Crippen molar-refractivity contribution in [3.05, 3.63) is 72.2 Å². The van der Waals surface area contributed by atoms with Gasteiger partial charge in [-0.05, 0) is 17.7 Å². The van der Waals surface area contributed by atoms with Crippen LogP contribution in [0.15, 0.2) is 61.1 Å². The van der Waals surface area contributed by atoms with Gasteiger partial charge in [-0.3, -0.25) is 9.69 Å². The van der Waals surface area contributed by atoms with Crippen LogP contribution in [0.2, 0.25) is 0 Å². The zero-order valence-corrected chi connectivity index (χ0v) is 13.5. The molecule has 2 aromatic heterocycles. The number of hydrogen-bond acceptors (Lipinski definition) is 3. The predicted molar refractivity (Wildman–Crippen MR) is 92.8 cm³/mol. The molecular formula is C19H20N4O. The van der Waals surface area contributed by atoms with Gasteiger partial charge in [0.2, 0.25) is 0 Å². The van der Waals surface area contributed by atoms with Crippen LogP contribution in [0.4, 0.5) is 0 Å². The van der Waals surface area contributed by atoms with Crippen molar-refractivity contribution in [3.63, 3.8) is 0 Å². The van der Waals surface area contributed by atoms with E-state index in [1.54, 1.807) is 6.20 Å². The molecule has 24 heavy (non-hydrogen) atoms. The van der Waals surface area contributed by atoms with E-state index in [2.05, 4.69) is 34.1 Å². The Morgan fingerprint density at radius 3 is 2.58 bits per heavy atom. The Morgan fingerprint density at radius 1 is 1.00 bits per heavy atom. The van der Waals surface area contributed by atoms with E-state index in [0.29, 0.717) is 0 Å². The van der Waals surface area contributed by atoms with Crippen molar-refractivity contribution >= 4 is 11.6 Å². The Hall–Kier alpha value is -2.66. The number of imidazole rings is 1. The number of piperazine rings is 1. The lowest BCUT2D eigenvalue weighted by atomic mass is 10.2. The first-order valence-corrected chi connectivity index (χ1v) is 8.28. The zero-order valence-electron chi connectivity index (χ0n) is 13.5. The van der Waals surface area contributed by atoms with E-state index in [-0.39, 0.29) is 5.91 Å². The van der Waals surface area contributed by atoms with Crippen LogP contribution in [0.5, 0.6) is 0 Å². The fourth-order valence-electron chi connectivity index (χ4n) is 3.18. The summed E-state index contributed by atoms with van der Waals surface area (Å²) in [5.41, 5.74) is 2.90. The summed E-state index contributed by atoms with van der Waals surface area (Å²) in [6.45, 7) is 4.31. The molecule has 122 valence electrons. The van der Waals surface area contributed by atoms with Crippen LogP contribution in [0.1, 0.15) is 15.9 Å². The number of benzene rings is 1. The molecule has 3 heterocycles. The van der Waals surface area contributed by atoms with Gasteiger partial charge in [0.15, 0.2) is 0 Å². The topological polar surface area (TPSA) is 40.9 Å². The zero-order chi connectivity index (χ0) is 16.4. The van der Waals surface area contributed by atoms with Crippen LogP contribution in [0.3, 0.4) is 0 Å². The molecule has 1 aliphatic heterocycles. The second kappa shape index (κ2) is 6.45. The SMILES string of the molecule is O=C(c1ccc2nccn2c1)N1CCN(Cc2ccccc2)CC1. The summed E-state index contributed by atoms with van der Waals surface area (Å²) in [6, 6.07) is 14.2. The van der Waals surface area contributed by atoms with Crippen molar-refractivity contribution < 1.29 is 4.79 Å².